The Hall–Kier alpha value is -1.42. The number of oxime groups is 1. The second kappa shape index (κ2) is 3.12. The number of aliphatic hydroxyl groups is 1. The number of ketones is 1. The van der Waals surface area contributed by atoms with Gasteiger partial charge < -0.3 is 10.3 Å². The molecule has 0 saturated heterocycles. The van der Waals surface area contributed by atoms with E-state index >= 15 is 0 Å². The Bertz CT molecular complexity index is 521. The Balaban J connectivity index is 1.82. The summed E-state index contributed by atoms with van der Waals surface area (Å²) in [4.78, 5) is 12.3. The second-order valence-corrected chi connectivity index (χ2v) is 5.92. The van der Waals surface area contributed by atoms with Gasteiger partial charge in [-0.15, -0.1) is 0 Å². The Morgan fingerprint density at radius 3 is 2.61 bits per heavy atom. The lowest BCUT2D eigenvalue weighted by molar-refractivity contribution is -0.130. The quantitative estimate of drug-likeness (QED) is 0.413. The van der Waals surface area contributed by atoms with Crippen LogP contribution in [0.25, 0.3) is 0 Å². The molecule has 18 heavy (non-hydrogen) atoms. The van der Waals surface area contributed by atoms with Crippen molar-refractivity contribution in [2.45, 2.75) is 18.4 Å². The number of carbonyl (C=O) groups excluding carboxylic acids is 1. The predicted octanol–water partition coefficient (Wildman–Crippen LogP) is 1.14. The van der Waals surface area contributed by atoms with Crippen molar-refractivity contribution in [3.8, 4) is 0 Å². The first-order valence-electron chi connectivity index (χ1n) is 6.51. The summed E-state index contributed by atoms with van der Waals surface area (Å²) in [6, 6.07) is 0. The van der Waals surface area contributed by atoms with E-state index in [1.165, 1.54) is 0 Å². The topological polar surface area (TPSA) is 69.9 Å². The van der Waals surface area contributed by atoms with Crippen molar-refractivity contribution in [2.75, 3.05) is 0 Å². The lowest BCUT2D eigenvalue weighted by Crippen LogP contribution is -2.53. The van der Waals surface area contributed by atoms with Gasteiger partial charge in [0.05, 0.1) is 11.6 Å². The highest BCUT2D eigenvalue weighted by Crippen LogP contribution is 2.55. The highest BCUT2D eigenvalue weighted by molar-refractivity contribution is 6.05. The standard InChI is InChI=1S/C14H15NO3/c16-12-8-2-1-7(5-8)11(12)14(17)10-4-3-9(6-10)13(14)15-18/h1-4,7-11,17-18H,5-6H2/b15-13+. The lowest BCUT2D eigenvalue weighted by Gasteiger charge is -2.38. The number of allylic oxidation sites excluding steroid dienone is 3. The fourth-order valence-corrected chi connectivity index (χ4v) is 4.43. The molecule has 4 rings (SSSR count). The van der Waals surface area contributed by atoms with Crippen LogP contribution in [0.15, 0.2) is 29.5 Å². The van der Waals surface area contributed by atoms with Gasteiger partial charge in [0.1, 0.15) is 11.4 Å². The van der Waals surface area contributed by atoms with Crippen LogP contribution in [0.4, 0.5) is 0 Å². The van der Waals surface area contributed by atoms with E-state index in [1.807, 2.05) is 24.3 Å². The first kappa shape index (κ1) is 10.5. The van der Waals surface area contributed by atoms with Gasteiger partial charge in [0, 0.05) is 17.8 Å². The van der Waals surface area contributed by atoms with Crippen LogP contribution in [-0.4, -0.2) is 27.4 Å². The predicted molar refractivity (Wildman–Crippen MR) is 64.1 cm³/mol. The van der Waals surface area contributed by atoms with E-state index in [0.717, 1.165) is 12.8 Å². The van der Waals surface area contributed by atoms with E-state index < -0.39 is 11.5 Å². The largest absolute Gasteiger partial charge is 0.411 e. The fraction of sp³-hybridized carbons (Fsp3) is 0.571. The molecule has 6 atom stereocenters. The average Bonchev–Trinajstić information content (AvgIpc) is 3.06. The van der Waals surface area contributed by atoms with Gasteiger partial charge >= 0.3 is 0 Å². The molecule has 0 aromatic heterocycles. The summed E-state index contributed by atoms with van der Waals surface area (Å²) in [5.74, 6) is -0.300. The van der Waals surface area contributed by atoms with Gasteiger partial charge in [-0.25, -0.2) is 0 Å². The number of Topliss-reactive ketones (excluding diaryl/α,β-unsaturated/α-hetero) is 1. The molecule has 2 saturated carbocycles. The monoisotopic (exact) mass is 245 g/mol. The molecular formula is C14H15NO3. The van der Waals surface area contributed by atoms with Crippen LogP contribution >= 0.6 is 0 Å². The summed E-state index contributed by atoms with van der Waals surface area (Å²) in [5.41, 5.74) is -0.857. The van der Waals surface area contributed by atoms with Crippen molar-refractivity contribution in [3.05, 3.63) is 24.3 Å². The fourth-order valence-electron chi connectivity index (χ4n) is 4.43. The Morgan fingerprint density at radius 1 is 1.17 bits per heavy atom. The second-order valence-electron chi connectivity index (χ2n) is 5.92. The van der Waals surface area contributed by atoms with Crippen LogP contribution in [0.3, 0.4) is 0 Å². The summed E-state index contributed by atoms with van der Waals surface area (Å²) < 4.78 is 0. The maximum atomic E-state index is 12.3. The lowest BCUT2D eigenvalue weighted by atomic mass is 9.70. The van der Waals surface area contributed by atoms with E-state index in [0.29, 0.717) is 5.71 Å². The molecule has 2 fully saturated rings. The molecule has 0 radical (unpaired) electrons. The molecule has 0 heterocycles. The molecule has 4 aliphatic rings. The summed E-state index contributed by atoms with van der Waals surface area (Å²) in [7, 11) is 0. The maximum Gasteiger partial charge on any atom is 0.146 e. The van der Waals surface area contributed by atoms with Gasteiger partial charge in [-0.05, 0) is 18.8 Å². The normalized spacial score (nSPS) is 54.2. The molecule has 4 nitrogen and oxygen atoms in total. The summed E-state index contributed by atoms with van der Waals surface area (Å²) in [5, 5.41) is 23.6. The highest BCUT2D eigenvalue weighted by Gasteiger charge is 2.64. The smallest absolute Gasteiger partial charge is 0.146 e. The van der Waals surface area contributed by atoms with Crippen LogP contribution in [0, 0.1) is 29.6 Å². The third kappa shape index (κ3) is 0.973. The Labute approximate surface area is 105 Å². The van der Waals surface area contributed by atoms with Crippen molar-refractivity contribution in [1.82, 2.24) is 0 Å². The summed E-state index contributed by atoms with van der Waals surface area (Å²) >= 11 is 0. The Morgan fingerprint density at radius 2 is 1.94 bits per heavy atom. The van der Waals surface area contributed by atoms with Crippen molar-refractivity contribution in [1.29, 1.82) is 0 Å². The van der Waals surface area contributed by atoms with Gasteiger partial charge in [0.2, 0.25) is 0 Å². The molecule has 94 valence electrons. The first-order valence-corrected chi connectivity index (χ1v) is 6.51. The molecule has 2 N–H and O–H groups in total. The van der Waals surface area contributed by atoms with Crippen molar-refractivity contribution in [3.63, 3.8) is 0 Å². The van der Waals surface area contributed by atoms with E-state index in [9.17, 15) is 15.1 Å². The van der Waals surface area contributed by atoms with Crippen LogP contribution < -0.4 is 0 Å². The van der Waals surface area contributed by atoms with Crippen LogP contribution in [0.2, 0.25) is 0 Å². The highest BCUT2D eigenvalue weighted by atomic mass is 16.4. The van der Waals surface area contributed by atoms with E-state index in [4.69, 9.17) is 0 Å². The van der Waals surface area contributed by atoms with E-state index in [1.54, 1.807) is 0 Å². The number of rotatable bonds is 1. The van der Waals surface area contributed by atoms with Crippen LogP contribution in [0.5, 0.6) is 0 Å². The third-order valence-corrected chi connectivity index (χ3v) is 5.21. The average molecular weight is 245 g/mol. The number of carbonyl (C=O) groups is 1. The minimum atomic E-state index is -1.25. The number of hydrogen-bond acceptors (Lipinski definition) is 4. The molecule has 0 amide bonds. The molecule has 0 spiro atoms. The first-order chi connectivity index (χ1) is 8.66. The molecule has 4 bridgehead atoms. The zero-order valence-electron chi connectivity index (χ0n) is 9.86. The SMILES string of the molecule is O=C1C2C=CC(C2)C1C1(O)/C(=N/O)C2C=CC1C2. The van der Waals surface area contributed by atoms with Crippen molar-refractivity contribution >= 4 is 11.5 Å². The zero-order chi connectivity index (χ0) is 12.5. The third-order valence-electron chi connectivity index (χ3n) is 5.21. The minimum Gasteiger partial charge on any atom is -0.411 e. The van der Waals surface area contributed by atoms with Gasteiger partial charge in [0.15, 0.2) is 0 Å². The summed E-state index contributed by atoms with van der Waals surface area (Å²) in [6.07, 6.45) is 9.52. The molecule has 0 aliphatic heterocycles. The molecule has 6 unspecified atom stereocenters. The zero-order valence-corrected chi connectivity index (χ0v) is 9.86. The van der Waals surface area contributed by atoms with Crippen molar-refractivity contribution < 1.29 is 15.1 Å². The number of nitrogens with zero attached hydrogens (tertiary/aromatic N) is 1. The molecule has 4 aliphatic carbocycles. The summed E-state index contributed by atoms with van der Waals surface area (Å²) in [6.45, 7) is 0. The minimum absolute atomic E-state index is 0.000839. The van der Waals surface area contributed by atoms with E-state index in [-0.39, 0.29) is 29.5 Å². The van der Waals surface area contributed by atoms with Gasteiger partial charge in [-0.3, -0.25) is 4.79 Å². The van der Waals surface area contributed by atoms with E-state index in [2.05, 4.69) is 5.16 Å². The number of fused-ring (bicyclic) bond motifs is 4. The molecule has 4 heteroatoms. The molecule has 0 aromatic rings. The molecule has 0 aromatic carbocycles. The Kier molecular flexibility index (Phi) is 1.82. The molecular weight excluding hydrogens is 230 g/mol. The van der Waals surface area contributed by atoms with Gasteiger partial charge in [-0.2, -0.15) is 0 Å². The van der Waals surface area contributed by atoms with Crippen LogP contribution in [0.1, 0.15) is 12.8 Å². The van der Waals surface area contributed by atoms with Crippen molar-refractivity contribution in [2.24, 2.45) is 34.7 Å². The maximum absolute atomic E-state index is 12.3. The number of hydrogen-bond donors (Lipinski definition) is 2. The van der Waals surface area contributed by atoms with Crippen LogP contribution in [-0.2, 0) is 4.79 Å². The van der Waals surface area contributed by atoms with Gasteiger partial charge in [0.25, 0.3) is 0 Å². The van der Waals surface area contributed by atoms with Gasteiger partial charge in [-0.1, -0.05) is 29.5 Å².